The SMILES string of the molecule is CC1=CC(C(C)(C)C)=CC(C)C1N1c2cc3c(cc2B2c4c(cc(C(C)(C)C)cc41)N(c1ccc4c(c1)C(C)(C)CCC4(C)C)c1sc4cc5c(cc4c12)C(C)(C)CCC5(C)C)C(C)(C)CCC3(C)C. The van der Waals surface area contributed by atoms with E-state index in [2.05, 4.69) is 226 Å². The summed E-state index contributed by atoms with van der Waals surface area (Å²) in [7, 11) is 0. The summed E-state index contributed by atoms with van der Waals surface area (Å²) in [5, 5.41) is 2.87. The molecule has 4 heteroatoms. The first-order valence-electron chi connectivity index (χ1n) is 27.4. The van der Waals surface area contributed by atoms with Crippen molar-refractivity contribution in [3.8, 4) is 0 Å². The highest BCUT2D eigenvalue weighted by Gasteiger charge is 2.51. The summed E-state index contributed by atoms with van der Waals surface area (Å²) in [6.07, 6.45) is 12.4. The molecule has 2 unspecified atom stereocenters. The number of thiophene rings is 1. The quantitative estimate of drug-likeness (QED) is 0.160. The third-order valence-electron chi connectivity index (χ3n) is 19.6. The predicted octanol–water partition coefficient (Wildman–Crippen LogP) is 16.9. The van der Waals surface area contributed by atoms with Crippen LogP contribution in [0.15, 0.2) is 77.9 Å². The Kier molecular flexibility index (Phi) is 10.2. The second-order valence-electron chi connectivity index (χ2n) is 29.6. The highest BCUT2D eigenvalue weighted by Crippen LogP contribution is 2.56. The van der Waals surface area contributed by atoms with Gasteiger partial charge in [0.25, 0.3) is 6.71 Å². The fraction of sp³-hybridized carbons (Fsp3) is 0.545. The summed E-state index contributed by atoms with van der Waals surface area (Å²) in [4.78, 5) is 5.69. The molecule has 11 rings (SSSR count). The van der Waals surface area contributed by atoms with Gasteiger partial charge in [0, 0.05) is 27.4 Å². The summed E-state index contributed by atoms with van der Waals surface area (Å²) in [6, 6.07) is 24.1. The van der Waals surface area contributed by atoms with Crippen LogP contribution in [-0.2, 0) is 37.9 Å². The molecule has 3 heterocycles. The lowest BCUT2D eigenvalue weighted by molar-refractivity contribution is 0.332. The highest BCUT2D eigenvalue weighted by molar-refractivity contribution is 7.26. The van der Waals surface area contributed by atoms with Gasteiger partial charge in [0.05, 0.1) is 11.0 Å². The van der Waals surface area contributed by atoms with Crippen LogP contribution in [0.25, 0.3) is 10.1 Å². The third kappa shape index (κ3) is 7.03. The molecule has 0 fully saturated rings. The minimum Gasteiger partial charge on any atom is -0.335 e. The van der Waals surface area contributed by atoms with E-state index < -0.39 is 0 Å². The molecule has 0 amide bonds. The van der Waals surface area contributed by atoms with E-state index in [4.69, 9.17) is 0 Å². The van der Waals surface area contributed by atoms with Gasteiger partial charge in [-0.1, -0.05) is 156 Å². The Hall–Kier alpha value is -4.02. The Bertz CT molecular complexity index is 3120. The predicted molar refractivity (Wildman–Crippen MR) is 309 cm³/mol. The Morgan fingerprint density at radius 1 is 0.543 bits per heavy atom. The van der Waals surface area contributed by atoms with Crippen molar-refractivity contribution in [3.05, 3.63) is 117 Å². The Labute approximate surface area is 428 Å². The van der Waals surface area contributed by atoms with Gasteiger partial charge in [-0.15, -0.1) is 11.3 Å². The summed E-state index contributed by atoms with van der Waals surface area (Å²) >= 11 is 2.07. The molecule has 70 heavy (non-hydrogen) atoms. The van der Waals surface area contributed by atoms with E-state index in [1.807, 2.05) is 0 Å². The zero-order valence-electron chi connectivity index (χ0n) is 47.1. The minimum atomic E-state index is -0.0819. The van der Waals surface area contributed by atoms with Gasteiger partial charge in [-0.05, 0) is 209 Å². The number of hydrogen-bond acceptors (Lipinski definition) is 3. The van der Waals surface area contributed by atoms with Crippen molar-refractivity contribution in [2.24, 2.45) is 11.3 Å². The number of rotatable bonds is 2. The lowest BCUT2D eigenvalue weighted by Crippen LogP contribution is -2.63. The molecule has 368 valence electrons. The van der Waals surface area contributed by atoms with Crippen molar-refractivity contribution >= 4 is 72.3 Å². The van der Waals surface area contributed by atoms with E-state index in [1.54, 1.807) is 22.3 Å². The van der Waals surface area contributed by atoms with Crippen LogP contribution in [0.1, 0.15) is 216 Å². The first-order chi connectivity index (χ1) is 32.2. The molecule has 4 aliphatic carbocycles. The van der Waals surface area contributed by atoms with Crippen molar-refractivity contribution in [2.75, 3.05) is 9.80 Å². The molecule has 2 aliphatic heterocycles. The monoisotopic (exact) mass is 949 g/mol. The summed E-state index contributed by atoms with van der Waals surface area (Å²) in [6.45, 7) is 49.5. The molecule has 2 nitrogen and oxygen atoms in total. The maximum atomic E-state index is 2.90. The van der Waals surface area contributed by atoms with Gasteiger partial charge >= 0.3 is 0 Å². The van der Waals surface area contributed by atoms with Crippen molar-refractivity contribution in [2.45, 2.75) is 221 Å². The number of allylic oxidation sites excluding steroid dienone is 2. The summed E-state index contributed by atoms with van der Waals surface area (Å²) < 4.78 is 1.44. The largest absolute Gasteiger partial charge is 0.335 e. The fourth-order valence-corrected chi connectivity index (χ4v) is 15.7. The summed E-state index contributed by atoms with van der Waals surface area (Å²) in [5.74, 6) is 0.304. The van der Waals surface area contributed by atoms with Crippen LogP contribution in [0.2, 0.25) is 0 Å². The molecule has 0 saturated carbocycles. The van der Waals surface area contributed by atoms with Gasteiger partial charge in [-0.3, -0.25) is 0 Å². The normalized spacial score (nSPS) is 24.1. The average Bonchev–Trinajstić information content (AvgIpc) is 3.62. The second-order valence-corrected chi connectivity index (χ2v) is 30.6. The third-order valence-corrected chi connectivity index (χ3v) is 20.7. The van der Waals surface area contributed by atoms with Crippen LogP contribution >= 0.6 is 11.3 Å². The Balaban J connectivity index is 1.31. The number of hydrogen-bond donors (Lipinski definition) is 0. The number of fused-ring (bicyclic) bond motifs is 9. The molecular weight excluding hydrogens is 864 g/mol. The van der Waals surface area contributed by atoms with Crippen molar-refractivity contribution in [1.82, 2.24) is 0 Å². The molecule has 0 N–H and O–H groups in total. The van der Waals surface area contributed by atoms with Crippen LogP contribution in [-0.4, -0.2) is 12.8 Å². The smallest absolute Gasteiger partial charge is 0.254 e. The molecule has 2 atom stereocenters. The molecule has 6 aliphatic rings. The first-order valence-corrected chi connectivity index (χ1v) is 28.2. The van der Waals surface area contributed by atoms with Crippen LogP contribution in [0.5, 0.6) is 0 Å². The standard InChI is InChI=1S/C66H85BN2S/c1-38-29-40(59(3,4)5)30-39(2)57(38)69-51-36-48-47(64(15,16)26-27-65(48,17)18)35-50(51)67-55-43-34-46-49(66(19,20)28-25-63(46,13)14)37-54(43)70-58(55)68(52-31-41(60(6,7)8)32-53(69)56(52)67)42-21-22-44-45(33-42)62(11,12)24-23-61(44,9)10/h21-22,29-38,57H,23-28H2,1-20H3. The molecule has 0 radical (unpaired) electrons. The lowest BCUT2D eigenvalue weighted by Gasteiger charge is -2.50. The summed E-state index contributed by atoms with van der Waals surface area (Å²) in [5.41, 5.74) is 24.1. The minimum absolute atomic E-state index is 0.0703. The molecule has 0 spiro atoms. The topological polar surface area (TPSA) is 6.48 Å². The molecule has 4 aromatic carbocycles. The van der Waals surface area contributed by atoms with Crippen molar-refractivity contribution < 1.29 is 0 Å². The van der Waals surface area contributed by atoms with Crippen molar-refractivity contribution in [1.29, 1.82) is 0 Å². The van der Waals surface area contributed by atoms with E-state index in [0.29, 0.717) is 5.92 Å². The molecule has 5 aromatic rings. The zero-order valence-corrected chi connectivity index (χ0v) is 47.9. The zero-order chi connectivity index (χ0) is 50.6. The van der Waals surface area contributed by atoms with E-state index in [0.717, 1.165) is 0 Å². The molecule has 0 saturated heterocycles. The number of anilines is 5. The molecular formula is C66H85BN2S. The van der Waals surface area contributed by atoms with E-state index in [9.17, 15) is 0 Å². The van der Waals surface area contributed by atoms with Gasteiger partial charge in [0.2, 0.25) is 0 Å². The first kappa shape index (κ1) is 48.3. The van der Waals surface area contributed by atoms with Gasteiger partial charge < -0.3 is 9.80 Å². The van der Waals surface area contributed by atoms with E-state index >= 15 is 0 Å². The van der Waals surface area contributed by atoms with Crippen LogP contribution in [0, 0.1) is 11.3 Å². The van der Waals surface area contributed by atoms with Gasteiger partial charge in [0.1, 0.15) is 0 Å². The average molecular weight is 949 g/mol. The van der Waals surface area contributed by atoms with Crippen LogP contribution < -0.4 is 26.2 Å². The maximum absolute atomic E-state index is 2.90. The number of nitrogens with zero attached hydrogens (tertiary/aromatic N) is 2. The van der Waals surface area contributed by atoms with Crippen molar-refractivity contribution in [3.63, 3.8) is 0 Å². The molecule has 0 bridgehead atoms. The molecule has 1 aromatic heterocycles. The second kappa shape index (κ2) is 14.8. The van der Waals surface area contributed by atoms with Gasteiger partial charge in [-0.2, -0.15) is 0 Å². The number of benzene rings is 4. The maximum Gasteiger partial charge on any atom is 0.254 e. The van der Waals surface area contributed by atoms with Crippen LogP contribution in [0.3, 0.4) is 0 Å². The van der Waals surface area contributed by atoms with Gasteiger partial charge in [-0.25, -0.2) is 0 Å². The Morgan fingerprint density at radius 3 is 1.59 bits per heavy atom. The lowest BCUT2D eigenvalue weighted by atomic mass is 9.33. The highest BCUT2D eigenvalue weighted by atomic mass is 32.1. The van der Waals surface area contributed by atoms with E-state index in [-0.39, 0.29) is 56.1 Å². The van der Waals surface area contributed by atoms with Crippen LogP contribution in [0.4, 0.5) is 27.8 Å². The van der Waals surface area contributed by atoms with Gasteiger partial charge in [0.15, 0.2) is 0 Å². The fourth-order valence-electron chi connectivity index (χ4n) is 14.4. The van der Waals surface area contributed by atoms with E-state index in [1.165, 1.54) is 121 Å². The Morgan fingerprint density at radius 2 is 1.04 bits per heavy atom.